The minimum absolute atomic E-state index is 0.118. The van der Waals surface area contributed by atoms with E-state index >= 15 is 0 Å². The summed E-state index contributed by atoms with van der Waals surface area (Å²) in [4.78, 5) is 31.0. The van der Waals surface area contributed by atoms with Crippen molar-refractivity contribution in [2.45, 2.75) is 11.7 Å². The molecule has 0 saturated heterocycles. The maximum atomic E-state index is 13.1. The molecule has 0 spiro atoms. The number of methoxy groups -OCH3 is 1. The number of carbonyl (C=O) groups is 1. The molecule has 148 valence electrons. The van der Waals surface area contributed by atoms with Crippen LogP contribution in [0.2, 0.25) is 0 Å². The summed E-state index contributed by atoms with van der Waals surface area (Å²) < 4.78 is 6.86. The highest BCUT2D eigenvalue weighted by Gasteiger charge is 2.18. The molecule has 0 fully saturated rings. The van der Waals surface area contributed by atoms with Crippen molar-refractivity contribution in [2.75, 3.05) is 12.9 Å². The molecule has 0 atom stereocenters. The van der Waals surface area contributed by atoms with E-state index in [-0.39, 0.29) is 17.2 Å². The van der Waals surface area contributed by atoms with Crippen LogP contribution in [-0.4, -0.2) is 38.5 Å². The van der Waals surface area contributed by atoms with Gasteiger partial charge in [0.1, 0.15) is 11.1 Å². The second-order valence-corrected chi connectivity index (χ2v) is 7.96. The van der Waals surface area contributed by atoms with Gasteiger partial charge in [0.2, 0.25) is 5.91 Å². The molecule has 4 aromatic rings. The maximum absolute atomic E-state index is 13.1. The fraction of sp³-hybridized carbons (Fsp3) is 0.158. The van der Waals surface area contributed by atoms with Crippen LogP contribution in [0.4, 0.5) is 0 Å². The van der Waals surface area contributed by atoms with Gasteiger partial charge in [0.25, 0.3) is 5.56 Å². The molecule has 3 aromatic heterocycles. The van der Waals surface area contributed by atoms with Crippen molar-refractivity contribution >= 4 is 40.0 Å². The zero-order chi connectivity index (χ0) is 20.2. The number of thioether (sulfide) groups is 1. The van der Waals surface area contributed by atoms with Crippen molar-refractivity contribution in [3.8, 4) is 11.4 Å². The molecule has 1 aromatic carbocycles. The third-order valence-electron chi connectivity index (χ3n) is 4.15. The van der Waals surface area contributed by atoms with Crippen LogP contribution in [0.1, 0.15) is 4.88 Å². The number of thiophene rings is 1. The Labute approximate surface area is 173 Å². The normalized spacial score (nSPS) is 10.9. The largest absolute Gasteiger partial charge is 0.495 e. The zero-order valence-electron chi connectivity index (χ0n) is 15.4. The molecule has 2 N–H and O–H groups in total. The Morgan fingerprint density at radius 2 is 2.17 bits per heavy atom. The summed E-state index contributed by atoms with van der Waals surface area (Å²) >= 11 is 2.76. The summed E-state index contributed by atoms with van der Waals surface area (Å²) in [6, 6.07) is 11.1. The lowest BCUT2D eigenvalue weighted by Gasteiger charge is -2.14. The number of ether oxygens (including phenoxy) is 1. The van der Waals surface area contributed by atoms with Crippen LogP contribution in [0.5, 0.6) is 5.75 Å². The van der Waals surface area contributed by atoms with E-state index < -0.39 is 0 Å². The van der Waals surface area contributed by atoms with Crippen LogP contribution in [0.15, 0.2) is 57.9 Å². The van der Waals surface area contributed by atoms with Crippen molar-refractivity contribution in [3.63, 3.8) is 0 Å². The van der Waals surface area contributed by atoms with Gasteiger partial charge in [0.15, 0.2) is 10.8 Å². The molecule has 0 unspecified atom stereocenters. The van der Waals surface area contributed by atoms with E-state index in [9.17, 15) is 9.59 Å². The molecule has 0 radical (unpaired) electrons. The fourth-order valence-corrected chi connectivity index (χ4v) is 4.25. The highest BCUT2D eigenvalue weighted by Crippen LogP contribution is 2.26. The van der Waals surface area contributed by atoms with E-state index in [2.05, 4.69) is 20.5 Å². The highest BCUT2D eigenvalue weighted by molar-refractivity contribution is 7.99. The van der Waals surface area contributed by atoms with Crippen LogP contribution in [0, 0.1) is 0 Å². The average molecular weight is 428 g/mol. The van der Waals surface area contributed by atoms with Crippen LogP contribution in [0.25, 0.3) is 16.7 Å². The molecular formula is C19H17N5O3S2. The number of aromatic amines is 1. The molecule has 4 rings (SSSR count). The average Bonchev–Trinajstić information content (AvgIpc) is 3.43. The summed E-state index contributed by atoms with van der Waals surface area (Å²) in [5.41, 5.74) is 0.648. The van der Waals surface area contributed by atoms with E-state index in [4.69, 9.17) is 4.74 Å². The summed E-state index contributed by atoms with van der Waals surface area (Å²) in [6.45, 7) is 0.476. The van der Waals surface area contributed by atoms with Gasteiger partial charge in [-0.15, -0.1) is 11.3 Å². The van der Waals surface area contributed by atoms with Crippen molar-refractivity contribution < 1.29 is 9.53 Å². The number of fused-ring (bicyclic) bond motifs is 1. The Morgan fingerprint density at radius 1 is 1.31 bits per heavy atom. The lowest BCUT2D eigenvalue weighted by molar-refractivity contribution is -0.118. The summed E-state index contributed by atoms with van der Waals surface area (Å²) in [7, 11) is 1.54. The number of carbonyl (C=O) groups excluding carboxylic acids is 1. The first-order valence-electron chi connectivity index (χ1n) is 8.69. The van der Waals surface area contributed by atoms with Gasteiger partial charge in [-0.25, -0.2) is 4.98 Å². The quantitative estimate of drug-likeness (QED) is 0.347. The zero-order valence-corrected chi connectivity index (χ0v) is 17.0. The van der Waals surface area contributed by atoms with Crippen LogP contribution in [0.3, 0.4) is 0 Å². The molecule has 29 heavy (non-hydrogen) atoms. The second kappa shape index (κ2) is 8.50. The van der Waals surface area contributed by atoms with E-state index in [0.717, 1.165) is 4.88 Å². The van der Waals surface area contributed by atoms with Crippen molar-refractivity contribution in [2.24, 2.45) is 0 Å². The van der Waals surface area contributed by atoms with Gasteiger partial charge in [-0.1, -0.05) is 30.0 Å². The number of amides is 1. The summed E-state index contributed by atoms with van der Waals surface area (Å²) in [6.07, 6.45) is 1.44. The number of nitrogens with zero attached hydrogens (tertiary/aromatic N) is 3. The van der Waals surface area contributed by atoms with Crippen molar-refractivity contribution in [3.05, 3.63) is 63.2 Å². The van der Waals surface area contributed by atoms with E-state index in [1.54, 1.807) is 30.6 Å². The van der Waals surface area contributed by atoms with Gasteiger partial charge < -0.3 is 10.1 Å². The topological polar surface area (TPSA) is 102 Å². The van der Waals surface area contributed by atoms with Gasteiger partial charge >= 0.3 is 0 Å². The molecule has 8 nitrogen and oxygen atoms in total. The maximum Gasteiger partial charge on any atom is 0.270 e. The number of H-pyrrole nitrogens is 1. The first-order valence-corrected chi connectivity index (χ1v) is 10.6. The van der Waals surface area contributed by atoms with Gasteiger partial charge in [-0.2, -0.15) is 5.10 Å². The standard InChI is InChI=1S/C19H17N5O3S2/c1-27-15-7-3-2-6-14(15)24-18(26)13-10-21-23-17(13)22-19(24)29-11-16(25)20-9-12-5-4-8-28-12/h2-8,10H,9,11H2,1H3,(H,20,25)(H,21,23). The van der Waals surface area contributed by atoms with Gasteiger partial charge in [0.05, 0.1) is 31.3 Å². The Bertz CT molecular complexity index is 1200. The number of hydrogen-bond acceptors (Lipinski definition) is 7. The molecule has 0 aliphatic rings. The first kappa shape index (κ1) is 19.2. The predicted octanol–water partition coefficient (Wildman–Crippen LogP) is 2.59. The highest BCUT2D eigenvalue weighted by atomic mass is 32.2. The fourth-order valence-electron chi connectivity index (χ4n) is 2.78. The molecular weight excluding hydrogens is 410 g/mol. The number of para-hydroxylation sites is 2. The van der Waals surface area contributed by atoms with E-state index in [1.807, 2.05) is 29.6 Å². The SMILES string of the molecule is COc1ccccc1-n1c(SCC(=O)NCc2cccs2)nc2[nH]ncc2c1=O. The Hall–Kier alpha value is -3.11. The third-order valence-corrected chi connectivity index (χ3v) is 5.96. The molecule has 0 aliphatic carbocycles. The van der Waals surface area contributed by atoms with Gasteiger partial charge in [-0.3, -0.25) is 19.3 Å². The van der Waals surface area contributed by atoms with Crippen LogP contribution < -0.4 is 15.6 Å². The number of nitrogens with one attached hydrogen (secondary N) is 2. The molecule has 0 saturated carbocycles. The smallest absolute Gasteiger partial charge is 0.270 e. The third kappa shape index (κ3) is 4.03. The van der Waals surface area contributed by atoms with Gasteiger partial charge in [0, 0.05) is 4.88 Å². The Balaban J connectivity index is 1.64. The Morgan fingerprint density at radius 3 is 2.97 bits per heavy atom. The second-order valence-electron chi connectivity index (χ2n) is 5.98. The number of aromatic nitrogens is 4. The van der Waals surface area contributed by atoms with Crippen molar-refractivity contribution in [1.82, 2.24) is 25.1 Å². The minimum Gasteiger partial charge on any atom is -0.495 e. The molecule has 3 heterocycles. The number of hydrogen-bond donors (Lipinski definition) is 2. The van der Waals surface area contributed by atoms with Crippen LogP contribution >= 0.6 is 23.1 Å². The summed E-state index contributed by atoms with van der Waals surface area (Å²) in [5.74, 6) is 0.504. The summed E-state index contributed by atoms with van der Waals surface area (Å²) in [5, 5.41) is 12.2. The van der Waals surface area contributed by atoms with E-state index in [1.165, 1.54) is 22.5 Å². The lowest BCUT2D eigenvalue weighted by atomic mass is 10.3. The molecule has 10 heteroatoms. The molecule has 1 amide bonds. The number of rotatable bonds is 7. The molecule has 0 bridgehead atoms. The number of benzene rings is 1. The minimum atomic E-state index is -0.283. The van der Waals surface area contributed by atoms with E-state index in [0.29, 0.717) is 34.2 Å². The predicted molar refractivity (Wildman–Crippen MR) is 113 cm³/mol. The van der Waals surface area contributed by atoms with Gasteiger partial charge in [-0.05, 0) is 23.6 Å². The molecule has 0 aliphatic heterocycles. The first-order chi connectivity index (χ1) is 14.2. The van der Waals surface area contributed by atoms with Crippen LogP contribution in [-0.2, 0) is 11.3 Å². The lowest BCUT2D eigenvalue weighted by Crippen LogP contribution is -2.26. The monoisotopic (exact) mass is 427 g/mol. The Kier molecular flexibility index (Phi) is 5.63. The van der Waals surface area contributed by atoms with Crippen molar-refractivity contribution in [1.29, 1.82) is 0 Å².